The van der Waals surface area contributed by atoms with Gasteiger partial charge in [-0.2, -0.15) is 0 Å². The summed E-state index contributed by atoms with van der Waals surface area (Å²) in [6, 6.07) is 4.02. The zero-order chi connectivity index (χ0) is 10.7. The number of hydrogen-bond donors (Lipinski definition) is 3. The van der Waals surface area contributed by atoms with Crippen LogP contribution in [0.1, 0.15) is 24.9 Å². The lowest BCUT2D eigenvalue weighted by atomic mass is 10.00. The van der Waals surface area contributed by atoms with Crippen LogP contribution in [0.25, 0.3) is 0 Å². The monoisotopic (exact) mass is 251 g/mol. The van der Waals surface area contributed by atoms with Crippen LogP contribution >= 0.6 is 24.0 Å². The number of nitrogens with two attached hydrogens (primary N) is 1. The van der Waals surface area contributed by atoms with Gasteiger partial charge in [-0.15, -0.1) is 12.4 Å². The number of rotatable bonds is 3. The van der Waals surface area contributed by atoms with Gasteiger partial charge >= 0.3 is 0 Å². The third-order valence-electron chi connectivity index (χ3n) is 2.18. The zero-order valence-corrected chi connectivity index (χ0v) is 9.92. The lowest BCUT2D eigenvalue weighted by molar-refractivity contribution is 0.139. The summed E-state index contributed by atoms with van der Waals surface area (Å²) in [6.45, 7) is 1.83. The molecule has 0 saturated carbocycles. The average molecular weight is 252 g/mol. The van der Waals surface area contributed by atoms with Crippen LogP contribution in [0.3, 0.4) is 0 Å². The van der Waals surface area contributed by atoms with Crippen molar-refractivity contribution >= 4 is 24.0 Å². The van der Waals surface area contributed by atoms with E-state index in [0.29, 0.717) is 17.0 Å². The Morgan fingerprint density at radius 3 is 2.60 bits per heavy atom. The van der Waals surface area contributed by atoms with Crippen LogP contribution in [-0.2, 0) is 0 Å². The quantitative estimate of drug-likeness (QED) is 0.772. The minimum atomic E-state index is -0.667. The Balaban J connectivity index is 0.00000196. The number of benzene rings is 1. The van der Waals surface area contributed by atoms with Crippen molar-refractivity contribution in [3.8, 4) is 5.75 Å². The van der Waals surface area contributed by atoms with Crippen LogP contribution in [0.4, 0.5) is 0 Å². The fraction of sp³-hybridized carbons (Fsp3) is 0.400. The fourth-order valence-electron chi connectivity index (χ4n) is 1.25. The SMILES string of the molecule is CC[C@@H](O)[C@@H](N)c1cc(Cl)ccc1O.Cl. The van der Waals surface area contributed by atoms with Crippen LogP contribution in [0.2, 0.25) is 5.02 Å². The highest BCUT2D eigenvalue weighted by Gasteiger charge is 2.18. The van der Waals surface area contributed by atoms with E-state index in [1.165, 1.54) is 6.07 Å². The standard InChI is InChI=1S/C10H14ClNO2.ClH/c1-2-8(13)10(12)7-5-6(11)3-4-9(7)14;/h3-5,8,10,13-14H,2,12H2,1H3;1H/t8-,10+;/m1./s1. The van der Waals surface area contributed by atoms with E-state index in [1.807, 2.05) is 6.92 Å². The number of halogens is 2. The van der Waals surface area contributed by atoms with Gasteiger partial charge in [0, 0.05) is 10.6 Å². The minimum absolute atomic E-state index is 0. The van der Waals surface area contributed by atoms with Gasteiger partial charge in [-0.3, -0.25) is 0 Å². The second-order valence-corrected chi connectivity index (χ2v) is 3.64. The van der Waals surface area contributed by atoms with Gasteiger partial charge in [0.15, 0.2) is 0 Å². The molecule has 1 aromatic carbocycles. The molecular weight excluding hydrogens is 237 g/mol. The van der Waals surface area contributed by atoms with Gasteiger partial charge in [-0.05, 0) is 24.6 Å². The number of hydrogen-bond acceptors (Lipinski definition) is 3. The second-order valence-electron chi connectivity index (χ2n) is 3.20. The molecule has 2 atom stereocenters. The summed E-state index contributed by atoms with van der Waals surface area (Å²) in [4.78, 5) is 0. The normalized spacial score (nSPS) is 14.1. The molecule has 0 aromatic heterocycles. The zero-order valence-electron chi connectivity index (χ0n) is 8.35. The van der Waals surface area contributed by atoms with Gasteiger partial charge in [0.2, 0.25) is 0 Å². The van der Waals surface area contributed by atoms with Gasteiger partial charge in [0.25, 0.3) is 0 Å². The third kappa shape index (κ3) is 3.54. The predicted molar refractivity (Wildman–Crippen MR) is 63.6 cm³/mol. The minimum Gasteiger partial charge on any atom is -0.508 e. The van der Waals surface area contributed by atoms with E-state index < -0.39 is 12.1 Å². The molecule has 3 nitrogen and oxygen atoms in total. The first-order valence-electron chi connectivity index (χ1n) is 4.48. The molecule has 1 aromatic rings. The van der Waals surface area contributed by atoms with Crippen LogP contribution in [-0.4, -0.2) is 16.3 Å². The molecule has 86 valence electrons. The maximum atomic E-state index is 9.52. The Kier molecular flexibility index (Phi) is 5.98. The summed E-state index contributed by atoms with van der Waals surface area (Å²) in [6.07, 6.45) is -0.132. The summed E-state index contributed by atoms with van der Waals surface area (Å²) in [5.41, 5.74) is 6.23. The molecule has 0 radical (unpaired) electrons. The van der Waals surface area contributed by atoms with E-state index in [-0.39, 0.29) is 18.2 Å². The summed E-state index contributed by atoms with van der Waals surface area (Å²) in [5, 5.41) is 19.5. The number of phenolic OH excluding ortho intramolecular Hbond substituents is 1. The Bertz CT molecular complexity index is 320. The van der Waals surface area contributed by atoms with Crippen molar-refractivity contribution in [2.75, 3.05) is 0 Å². The lowest BCUT2D eigenvalue weighted by Gasteiger charge is -2.18. The van der Waals surface area contributed by atoms with E-state index >= 15 is 0 Å². The summed E-state index contributed by atoms with van der Waals surface area (Å²) in [5.74, 6) is 0.0643. The van der Waals surface area contributed by atoms with E-state index in [2.05, 4.69) is 0 Å². The Labute approximate surface area is 100 Å². The Morgan fingerprint density at radius 1 is 1.47 bits per heavy atom. The largest absolute Gasteiger partial charge is 0.508 e. The van der Waals surface area contributed by atoms with Crippen molar-refractivity contribution in [1.82, 2.24) is 0 Å². The summed E-state index contributed by atoms with van der Waals surface area (Å²) < 4.78 is 0. The molecule has 0 saturated heterocycles. The molecular formula is C10H15Cl2NO2. The van der Waals surface area contributed by atoms with Gasteiger partial charge in [-0.25, -0.2) is 0 Å². The van der Waals surface area contributed by atoms with E-state index in [0.717, 1.165) is 0 Å². The number of phenols is 1. The summed E-state index contributed by atoms with van der Waals surface area (Å²) >= 11 is 5.76. The fourth-order valence-corrected chi connectivity index (χ4v) is 1.43. The predicted octanol–water partition coefficient (Wildman–Crippen LogP) is 2.24. The highest BCUT2D eigenvalue weighted by molar-refractivity contribution is 6.30. The van der Waals surface area contributed by atoms with Gasteiger partial charge < -0.3 is 15.9 Å². The molecule has 4 N–H and O–H groups in total. The molecule has 0 fully saturated rings. The molecule has 0 spiro atoms. The Morgan fingerprint density at radius 2 is 2.07 bits per heavy atom. The lowest BCUT2D eigenvalue weighted by Crippen LogP contribution is -2.25. The molecule has 0 aliphatic rings. The molecule has 0 bridgehead atoms. The van der Waals surface area contributed by atoms with Crippen molar-refractivity contribution in [3.63, 3.8) is 0 Å². The van der Waals surface area contributed by atoms with Crippen molar-refractivity contribution in [2.24, 2.45) is 5.73 Å². The van der Waals surface area contributed by atoms with Gasteiger partial charge in [0.05, 0.1) is 12.1 Å². The van der Waals surface area contributed by atoms with E-state index in [4.69, 9.17) is 17.3 Å². The van der Waals surface area contributed by atoms with E-state index in [9.17, 15) is 10.2 Å². The average Bonchev–Trinajstić information content (AvgIpc) is 2.19. The first-order chi connectivity index (χ1) is 6.56. The van der Waals surface area contributed by atoms with Crippen molar-refractivity contribution in [2.45, 2.75) is 25.5 Å². The van der Waals surface area contributed by atoms with Crippen molar-refractivity contribution in [3.05, 3.63) is 28.8 Å². The third-order valence-corrected chi connectivity index (χ3v) is 2.42. The number of aliphatic hydroxyl groups is 1. The molecule has 15 heavy (non-hydrogen) atoms. The summed E-state index contributed by atoms with van der Waals surface area (Å²) in [7, 11) is 0. The van der Waals surface area contributed by atoms with Crippen molar-refractivity contribution in [1.29, 1.82) is 0 Å². The highest BCUT2D eigenvalue weighted by Crippen LogP contribution is 2.28. The van der Waals surface area contributed by atoms with Crippen LogP contribution in [0, 0.1) is 0 Å². The molecule has 0 aliphatic heterocycles. The smallest absolute Gasteiger partial charge is 0.120 e. The topological polar surface area (TPSA) is 66.5 Å². The molecule has 5 heteroatoms. The molecule has 0 amide bonds. The second kappa shape index (κ2) is 6.18. The first kappa shape index (κ1) is 14.5. The molecule has 0 aliphatic carbocycles. The first-order valence-corrected chi connectivity index (χ1v) is 4.86. The van der Waals surface area contributed by atoms with Crippen LogP contribution < -0.4 is 5.73 Å². The van der Waals surface area contributed by atoms with Crippen LogP contribution in [0.5, 0.6) is 5.75 Å². The number of aliphatic hydroxyl groups excluding tert-OH is 1. The van der Waals surface area contributed by atoms with E-state index in [1.54, 1.807) is 12.1 Å². The highest BCUT2D eigenvalue weighted by atomic mass is 35.5. The number of aromatic hydroxyl groups is 1. The van der Waals surface area contributed by atoms with Crippen molar-refractivity contribution < 1.29 is 10.2 Å². The maximum Gasteiger partial charge on any atom is 0.120 e. The van der Waals surface area contributed by atoms with Gasteiger partial charge in [-0.1, -0.05) is 18.5 Å². The van der Waals surface area contributed by atoms with Gasteiger partial charge in [0.1, 0.15) is 5.75 Å². The molecule has 0 unspecified atom stereocenters. The molecule has 1 rings (SSSR count). The van der Waals surface area contributed by atoms with Crippen LogP contribution in [0.15, 0.2) is 18.2 Å². The maximum absolute atomic E-state index is 9.52. The molecule has 0 heterocycles. The Hall–Kier alpha value is -0.480.